The summed E-state index contributed by atoms with van der Waals surface area (Å²) in [6.07, 6.45) is -0.926. The molecule has 0 radical (unpaired) electrons. The molecule has 1 rings (SSSR count). The maximum Gasteiger partial charge on any atom is 0.407 e. The highest BCUT2D eigenvalue weighted by atomic mass is 35.5. The van der Waals surface area contributed by atoms with Crippen LogP contribution in [0.5, 0.6) is 0 Å². The van der Waals surface area contributed by atoms with Gasteiger partial charge in [-0.05, 0) is 35.8 Å². The normalized spacial score (nSPS) is 13.6. The van der Waals surface area contributed by atoms with E-state index in [1.54, 1.807) is 12.1 Å². The number of halogens is 1. The third-order valence-corrected chi connectivity index (χ3v) is 8.85. The van der Waals surface area contributed by atoms with Gasteiger partial charge in [-0.3, -0.25) is 0 Å². The van der Waals surface area contributed by atoms with E-state index in [-0.39, 0.29) is 5.04 Å². The molecule has 0 heterocycles. The van der Waals surface area contributed by atoms with Crippen LogP contribution in [0.3, 0.4) is 0 Å². The maximum atomic E-state index is 11.6. The molecule has 1 amide bonds. The van der Waals surface area contributed by atoms with Gasteiger partial charge in [0.05, 0.1) is 6.61 Å². The number of carbonyl (C=O) groups is 1. The predicted molar refractivity (Wildman–Crippen MR) is 92.9 cm³/mol. The molecule has 0 saturated heterocycles. The third kappa shape index (κ3) is 5.30. The third-order valence-electron chi connectivity index (χ3n) is 4.10. The van der Waals surface area contributed by atoms with Crippen LogP contribution in [0.2, 0.25) is 23.2 Å². The predicted octanol–water partition coefficient (Wildman–Crippen LogP) is 4.76. The highest BCUT2D eigenvalue weighted by molar-refractivity contribution is 6.74. The number of amides is 1. The lowest BCUT2D eigenvalue weighted by Gasteiger charge is -2.37. The van der Waals surface area contributed by atoms with Crippen LogP contribution in [0, 0.1) is 0 Å². The van der Waals surface area contributed by atoms with Gasteiger partial charge >= 0.3 is 6.09 Å². The molecule has 0 aliphatic carbocycles. The molecule has 124 valence electrons. The lowest BCUT2D eigenvalue weighted by molar-refractivity contribution is 0.0617. The number of rotatable bonds is 5. The van der Waals surface area contributed by atoms with E-state index in [4.69, 9.17) is 20.8 Å². The Morgan fingerprint density at radius 2 is 1.82 bits per heavy atom. The van der Waals surface area contributed by atoms with Crippen LogP contribution in [0.25, 0.3) is 0 Å². The molecule has 4 nitrogen and oxygen atoms in total. The van der Waals surface area contributed by atoms with Gasteiger partial charge < -0.3 is 14.5 Å². The SMILES string of the molecule is CNC(=O)O[C@H](CO[Si](C)(C)C(C)(C)C)c1ccc(Cl)cc1. The Morgan fingerprint density at radius 1 is 1.27 bits per heavy atom. The zero-order chi connectivity index (χ0) is 17.0. The van der Waals surface area contributed by atoms with E-state index in [0.29, 0.717) is 11.6 Å². The van der Waals surface area contributed by atoms with E-state index >= 15 is 0 Å². The zero-order valence-corrected chi connectivity index (χ0v) is 16.0. The van der Waals surface area contributed by atoms with Crippen LogP contribution in [-0.2, 0) is 9.16 Å². The first-order valence-corrected chi connectivity index (χ1v) is 10.6. The fourth-order valence-corrected chi connectivity index (χ4v) is 2.69. The first-order chi connectivity index (χ1) is 10.1. The minimum atomic E-state index is -1.91. The Balaban J connectivity index is 2.87. The second kappa shape index (κ2) is 7.48. The van der Waals surface area contributed by atoms with Crippen molar-refractivity contribution in [2.45, 2.75) is 45.0 Å². The Kier molecular flexibility index (Phi) is 6.46. The summed E-state index contributed by atoms with van der Waals surface area (Å²) >= 11 is 5.91. The van der Waals surface area contributed by atoms with Gasteiger partial charge in [0.25, 0.3) is 0 Å². The van der Waals surface area contributed by atoms with Crippen LogP contribution in [0.4, 0.5) is 4.79 Å². The number of ether oxygens (including phenoxy) is 1. The Bertz CT molecular complexity index is 497. The number of alkyl carbamates (subject to hydrolysis) is 1. The molecule has 0 aliphatic rings. The van der Waals surface area contributed by atoms with Crippen LogP contribution >= 0.6 is 11.6 Å². The summed E-state index contributed by atoms with van der Waals surface area (Å²) in [5, 5.41) is 3.22. The van der Waals surface area contributed by atoms with Gasteiger partial charge in [-0.15, -0.1) is 0 Å². The Labute approximate surface area is 139 Å². The van der Waals surface area contributed by atoms with Crippen molar-refractivity contribution >= 4 is 26.0 Å². The molecule has 0 spiro atoms. The van der Waals surface area contributed by atoms with Crippen molar-refractivity contribution in [3.05, 3.63) is 34.9 Å². The van der Waals surface area contributed by atoms with Gasteiger partial charge in [0.2, 0.25) is 0 Å². The van der Waals surface area contributed by atoms with Gasteiger partial charge in [0, 0.05) is 12.1 Å². The first-order valence-electron chi connectivity index (χ1n) is 7.34. The second-order valence-corrected chi connectivity index (χ2v) is 12.0. The molecule has 1 aromatic carbocycles. The monoisotopic (exact) mass is 343 g/mol. The van der Waals surface area contributed by atoms with E-state index in [9.17, 15) is 4.79 Å². The van der Waals surface area contributed by atoms with Gasteiger partial charge in [0.1, 0.15) is 0 Å². The van der Waals surface area contributed by atoms with E-state index in [0.717, 1.165) is 5.56 Å². The molecule has 0 aromatic heterocycles. The summed E-state index contributed by atoms with van der Waals surface area (Å²) in [5.41, 5.74) is 0.867. The quantitative estimate of drug-likeness (QED) is 0.784. The van der Waals surface area contributed by atoms with Crippen LogP contribution < -0.4 is 5.32 Å². The van der Waals surface area contributed by atoms with E-state index in [1.165, 1.54) is 7.05 Å². The van der Waals surface area contributed by atoms with Crippen LogP contribution in [-0.4, -0.2) is 28.1 Å². The summed E-state index contributed by atoms with van der Waals surface area (Å²) in [4.78, 5) is 11.6. The van der Waals surface area contributed by atoms with E-state index in [2.05, 4.69) is 39.2 Å². The maximum absolute atomic E-state index is 11.6. The highest BCUT2D eigenvalue weighted by Crippen LogP contribution is 2.37. The Hall–Kier alpha value is -1.04. The largest absolute Gasteiger partial charge is 0.439 e. The molecular weight excluding hydrogens is 318 g/mol. The van der Waals surface area contributed by atoms with Crippen molar-refractivity contribution in [2.75, 3.05) is 13.7 Å². The lowest BCUT2D eigenvalue weighted by Crippen LogP contribution is -2.42. The molecular formula is C16H26ClNO3Si. The molecule has 0 unspecified atom stereocenters. The van der Waals surface area contributed by atoms with Crippen molar-refractivity contribution in [1.29, 1.82) is 0 Å². The summed E-state index contributed by atoms with van der Waals surface area (Å²) in [5.74, 6) is 0. The summed E-state index contributed by atoms with van der Waals surface area (Å²) in [6, 6.07) is 7.27. The average molecular weight is 344 g/mol. The minimum absolute atomic E-state index is 0.102. The molecule has 0 aliphatic heterocycles. The van der Waals surface area contributed by atoms with Crippen molar-refractivity contribution in [2.24, 2.45) is 0 Å². The zero-order valence-electron chi connectivity index (χ0n) is 14.2. The van der Waals surface area contributed by atoms with Crippen molar-refractivity contribution in [3.8, 4) is 0 Å². The smallest absolute Gasteiger partial charge is 0.407 e. The molecule has 0 saturated carbocycles. The van der Waals surface area contributed by atoms with Gasteiger partial charge in [0.15, 0.2) is 14.4 Å². The second-order valence-electron chi connectivity index (χ2n) is 6.77. The number of hydrogen-bond donors (Lipinski definition) is 1. The number of hydrogen-bond acceptors (Lipinski definition) is 3. The number of carbonyl (C=O) groups excluding carboxylic acids is 1. The standard InChI is InChI=1S/C16H26ClNO3Si/c1-16(2,3)22(5,6)20-11-14(21-15(19)18-4)12-7-9-13(17)10-8-12/h7-10,14H,11H2,1-6H3,(H,18,19)/t14-/m1/s1. The van der Waals surface area contributed by atoms with E-state index in [1.807, 2.05) is 12.1 Å². The number of benzene rings is 1. The fraction of sp³-hybridized carbons (Fsp3) is 0.562. The topological polar surface area (TPSA) is 47.6 Å². The van der Waals surface area contributed by atoms with Crippen LogP contribution in [0.15, 0.2) is 24.3 Å². The summed E-state index contributed by atoms with van der Waals surface area (Å²) in [7, 11) is -0.373. The first kappa shape index (κ1) is 19.0. The van der Waals surface area contributed by atoms with Crippen molar-refractivity contribution in [1.82, 2.24) is 5.32 Å². The molecule has 0 bridgehead atoms. The highest BCUT2D eigenvalue weighted by Gasteiger charge is 2.38. The van der Waals surface area contributed by atoms with Gasteiger partial charge in [-0.25, -0.2) is 4.79 Å². The fourth-order valence-electron chi connectivity index (χ4n) is 1.56. The van der Waals surface area contributed by atoms with Gasteiger partial charge in [-0.1, -0.05) is 44.5 Å². The van der Waals surface area contributed by atoms with E-state index < -0.39 is 20.5 Å². The van der Waals surface area contributed by atoms with Crippen LogP contribution in [0.1, 0.15) is 32.4 Å². The van der Waals surface area contributed by atoms with Crippen molar-refractivity contribution < 1.29 is 14.0 Å². The summed E-state index contributed by atoms with van der Waals surface area (Å²) < 4.78 is 11.6. The molecule has 0 fully saturated rings. The Morgan fingerprint density at radius 3 is 2.27 bits per heavy atom. The summed E-state index contributed by atoms with van der Waals surface area (Å²) in [6.45, 7) is 11.2. The van der Waals surface area contributed by atoms with Crippen molar-refractivity contribution in [3.63, 3.8) is 0 Å². The average Bonchev–Trinajstić information content (AvgIpc) is 2.43. The lowest BCUT2D eigenvalue weighted by atomic mass is 10.1. The molecule has 6 heteroatoms. The minimum Gasteiger partial charge on any atom is -0.439 e. The molecule has 22 heavy (non-hydrogen) atoms. The molecule has 1 N–H and O–H groups in total. The van der Waals surface area contributed by atoms with Gasteiger partial charge in [-0.2, -0.15) is 0 Å². The molecule has 1 aromatic rings. The number of nitrogens with one attached hydrogen (secondary N) is 1. The molecule has 1 atom stereocenters.